The number of nitriles is 1. The van der Waals surface area contributed by atoms with Crippen molar-refractivity contribution in [2.24, 2.45) is 0 Å². The summed E-state index contributed by atoms with van der Waals surface area (Å²) >= 11 is 0. The maximum absolute atomic E-state index is 11.7. The molecule has 0 bridgehead atoms. The molecule has 0 N–H and O–H groups in total. The van der Waals surface area contributed by atoms with Gasteiger partial charge >= 0.3 is 5.97 Å². The number of benzene rings is 1. The van der Waals surface area contributed by atoms with Gasteiger partial charge in [-0.1, -0.05) is 19.4 Å². The number of carbonyl (C=O) groups excluding carboxylic acids is 1. The number of aryl methyl sites for hydroxylation is 1. The van der Waals surface area contributed by atoms with Crippen molar-refractivity contribution in [1.29, 1.82) is 5.26 Å². The topological polar surface area (TPSA) is 59.3 Å². The van der Waals surface area contributed by atoms with Crippen LogP contribution in [0.4, 0.5) is 0 Å². The molecule has 0 aliphatic heterocycles. The molecule has 1 aromatic carbocycles. The standard InChI is InChI=1S/C17H21NO3/c1-5-6-7-13-10-14(20-3)8-9-15(13)12(2)16(11-18)17(19)21-4/h8-10H,5-7H2,1-4H3. The molecule has 0 aliphatic rings. The molecule has 0 fully saturated rings. The Balaban J connectivity index is 3.36. The predicted octanol–water partition coefficient (Wildman–Crippen LogP) is 3.51. The van der Waals surface area contributed by atoms with Crippen molar-refractivity contribution in [3.8, 4) is 11.8 Å². The molecular formula is C17H21NO3. The number of allylic oxidation sites excluding steroid dienone is 1. The van der Waals surface area contributed by atoms with E-state index in [-0.39, 0.29) is 5.57 Å². The van der Waals surface area contributed by atoms with Crippen LogP contribution < -0.4 is 4.74 Å². The van der Waals surface area contributed by atoms with E-state index < -0.39 is 5.97 Å². The van der Waals surface area contributed by atoms with Gasteiger partial charge in [-0.25, -0.2) is 4.79 Å². The number of ether oxygens (including phenoxy) is 2. The molecule has 0 spiro atoms. The van der Waals surface area contributed by atoms with E-state index >= 15 is 0 Å². The lowest BCUT2D eigenvalue weighted by Gasteiger charge is -2.13. The minimum absolute atomic E-state index is 0.0421. The Morgan fingerprint density at radius 1 is 1.33 bits per heavy atom. The third-order valence-corrected chi connectivity index (χ3v) is 3.39. The number of hydrogen-bond acceptors (Lipinski definition) is 4. The Morgan fingerprint density at radius 2 is 2.05 bits per heavy atom. The smallest absolute Gasteiger partial charge is 0.348 e. The molecule has 0 heterocycles. The largest absolute Gasteiger partial charge is 0.497 e. The SMILES string of the molecule is CCCCc1cc(OC)ccc1C(C)=C(C#N)C(=O)OC. The summed E-state index contributed by atoms with van der Waals surface area (Å²) in [6, 6.07) is 7.62. The maximum atomic E-state index is 11.7. The van der Waals surface area contributed by atoms with Gasteiger partial charge in [0, 0.05) is 0 Å². The Hall–Kier alpha value is -2.28. The lowest BCUT2D eigenvalue weighted by Crippen LogP contribution is -2.06. The van der Waals surface area contributed by atoms with Crippen molar-refractivity contribution in [1.82, 2.24) is 0 Å². The van der Waals surface area contributed by atoms with Crippen LogP contribution in [-0.4, -0.2) is 20.2 Å². The van der Waals surface area contributed by atoms with Crippen LogP contribution >= 0.6 is 0 Å². The molecule has 0 radical (unpaired) electrons. The van der Waals surface area contributed by atoms with Crippen LogP contribution in [0.1, 0.15) is 37.8 Å². The predicted molar refractivity (Wildman–Crippen MR) is 81.8 cm³/mol. The number of hydrogen-bond donors (Lipinski definition) is 0. The number of rotatable bonds is 6. The summed E-state index contributed by atoms with van der Waals surface area (Å²) in [4.78, 5) is 11.7. The lowest BCUT2D eigenvalue weighted by atomic mass is 9.94. The van der Waals surface area contributed by atoms with Gasteiger partial charge in [-0.15, -0.1) is 0 Å². The number of esters is 1. The minimum Gasteiger partial charge on any atom is -0.497 e. The van der Waals surface area contributed by atoms with Gasteiger partial charge in [0.25, 0.3) is 0 Å². The van der Waals surface area contributed by atoms with E-state index in [1.54, 1.807) is 14.0 Å². The summed E-state index contributed by atoms with van der Waals surface area (Å²) in [5, 5.41) is 9.19. The summed E-state index contributed by atoms with van der Waals surface area (Å²) in [7, 11) is 2.90. The maximum Gasteiger partial charge on any atom is 0.348 e. The molecule has 0 saturated heterocycles. The summed E-state index contributed by atoms with van der Waals surface area (Å²) < 4.78 is 9.92. The third kappa shape index (κ3) is 4.09. The van der Waals surface area contributed by atoms with E-state index in [1.807, 2.05) is 24.3 Å². The van der Waals surface area contributed by atoms with Gasteiger partial charge in [-0.3, -0.25) is 0 Å². The van der Waals surface area contributed by atoms with E-state index in [9.17, 15) is 10.1 Å². The van der Waals surface area contributed by atoms with Gasteiger partial charge in [0.2, 0.25) is 0 Å². The quantitative estimate of drug-likeness (QED) is 0.456. The highest BCUT2D eigenvalue weighted by molar-refractivity contribution is 6.01. The number of unbranched alkanes of at least 4 members (excludes halogenated alkanes) is 1. The fourth-order valence-electron chi connectivity index (χ4n) is 2.16. The normalized spacial score (nSPS) is 11.4. The Bertz CT molecular complexity index is 582. The molecule has 0 amide bonds. The van der Waals surface area contributed by atoms with E-state index in [0.29, 0.717) is 5.57 Å². The van der Waals surface area contributed by atoms with Crippen molar-refractivity contribution < 1.29 is 14.3 Å². The zero-order valence-corrected chi connectivity index (χ0v) is 13.0. The van der Waals surface area contributed by atoms with Crippen LogP contribution in [-0.2, 0) is 16.0 Å². The fourth-order valence-corrected chi connectivity index (χ4v) is 2.16. The molecule has 1 aromatic rings. The van der Waals surface area contributed by atoms with Gasteiger partial charge < -0.3 is 9.47 Å². The number of carbonyl (C=O) groups is 1. The Labute approximate surface area is 126 Å². The van der Waals surface area contributed by atoms with Crippen molar-refractivity contribution in [2.45, 2.75) is 33.1 Å². The van der Waals surface area contributed by atoms with Crippen LogP contribution in [0, 0.1) is 11.3 Å². The second kappa shape index (κ2) is 8.11. The van der Waals surface area contributed by atoms with Gasteiger partial charge in [0.15, 0.2) is 0 Å². The molecule has 0 unspecified atom stereocenters. The van der Waals surface area contributed by atoms with Crippen molar-refractivity contribution in [2.75, 3.05) is 14.2 Å². The van der Waals surface area contributed by atoms with Crippen LogP contribution in [0.25, 0.3) is 5.57 Å². The highest BCUT2D eigenvalue weighted by atomic mass is 16.5. The van der Waals surface area contributed by atoms with E-state index in [1.165, 1.54) is 7.11 Å². The molecular weight excluding hydrogens is 266 g/mol. The highest BCUT2D eigenvalue weighted by Crippen LogP contribution is 2.27. The Kier molecular flexibility index (Phi) is 6.48. The van der Waals surface area contributed by atoms with E-state index in [2.05, 4.69) is 11.7 Å². The molecule has 1 rings (SSSR count). The average molecular weight is 287 g/mol. The number of methoxy groups -OCH3 is 2. The summed E-state index contributed by atoms with van der Waals surface area (Å²) in [6.07, 6.45) is 2.98. The van der Waals surface area contributed by atoms with Crippen LogP contribution in [0.3, 0.4) is 0 Å². The van der Waals surface area contributed by atoms with Gasteiger partial charge in [0.05, 0.1) is 14.2 Å². The second-order valence-corrected chi connectivity index (χ2v) is 4.73. The van der Waals surface area contributed by atoms with E-state index in [4.69, 9.17) is 4.74 Å². The van der Waals surface area contributed by atoms with Crippen molar-refractivity contribution in [3.05, 3.63) is 34.9 Å². The monoisotopic (exact) mass is 287 g/mol. The number of nitrogens with zero attached hydrogens (tertiary/aromatic N) is 1. The Morgan fingerprint density at radius 3 is 2.57 bits per heavy atom. The summed E-state index contributed by atoms with van der Waals surface area (Å²) in [5.74, 6) is 0.168. The third-order valence-electron chi connectivity index (χ3n) is 3.39. The molecule has 21 heavy (non-hydrogen) atoms. The minimum atomic E-state index is -0.604. The molecule has 112 valence electrons. The van der Waals surface area contributed by atoms with Crippen molar-refractivity contribution >= 4 is 11.5 Å². The first kappa shape index (κ1) is 16.8. The first-order valence-electron chi connectivity index (χ1n) is 6.95. The zero-order chi connectivity index (χ0) is 15.8. The van der Waals surface area contributed by atoms with Gasteiger partial charge in [0.1, 0.15) is 17.4 Å². The zero-order valence-electron chi connectivity index (χ0n) is 13.0. The first-order chi connectivity index (χ1) is 10.1. The molecule has 4 nitrogen and oxygen atoms in total. The lowest BCUT2D eigenvalue weighted by molar-refractivity contribution is -0.135. The molecule has 0 aromatic heterocycles. The first-order valence-corrected chi connectivity index (χ1v) is 6.95. The molecule has 0 atom stereocenters. The van der Waals surface area contributed by atoms with Gasteiger partial charge in [-0.05, 0) is 48.6 Å². The van der Waals surface area contributed by atoms with Crippen molar-refractivity contribution in [3.63, 3.8) is 0 Å². The fraction of sp³-hybridized carbons (Fsp3) is 0.412. The molecule has 0 saturated carbocycles. The summed E-state index contributed by atoms with van der Waals surface area (Å²) in [6.45, 7) is 3.89. The van der Waals surface area contributed by atoms with E-state index in [0.717, 1.165) is 36.1 Å². The summed E-state index contributed by atoms with van der Waals surface area (Å²) in [5.41, 5.74) is 2.65. The van der Waals surface area contributed by atoms with Gasteiger partial charge in [-0.2, -0.15) is 5.26 Å². The molecule has 0 aliphatic carbocycles. The van der Waals surface area contributed by atoms with Crippen LogP contribution in [0.15, 0.2) is 23.8 Å². The molecule has 4 heteroatoms. The van der Waals surface area contributed by atoms with Crippen LogP contribution in [0.5, 0.6) is 5.75 Å². The highest BCUT2D eigenvalue weighted by Gasteiger charge is 2.16. The second-order valence-electron chi connectivity index (χ2n) is 4.73. The van der Waals surface area contributed by atoms with Crippen LogP contribution in [0.2, 0.25) is 0 Å². The average Bonchev–Trinajstić information content (AvgIpc) is 2.52.